The lowest BCUT2D eigenvalue weighted by atomic mass is 9.95. The zero-order valence-corrected chi connectivity index (χ0v) is 18.2. The smallest absolute Gasteiger partial charge is 0.255 e. The van der Waals surface area contributed by atoms with Crippen LogP contribution in [0.15, 0.2) is 75.7 Å². The molecule has 1 aliphatic heterocycles. The summed E-state index contributed by atoms with van der Waals surface area (Å²) in [6.07, 6.45) is 0. The lowest BCUT2D eigenvalue weighted by Crippen LogP contribution is -2.39. The third-order valence-electron chi connectivity index (χ3n) is 4.75. The minimum absolute atomic E-state index is 0.122. The molecule has 1 N–H and O–H groups in total. The van der Waals surface area contributed by atoms with Crippen molar-refractivity contribution >= 4 is 49.4 Å². The van der Waals surface area contributed by atoms with Crippen molar-refractivity contribution < 1.29 is 14.0 Å². The summed E-state index contributed by atoms with van der Waals surface area (Å²) in [5.74, 6) is -0.935. The molecule has 0 saturated heterocycles. The highest BCUT2D eigenvalue weighted by Gasteiger charge is 2.34. The number of rotatable bonds is 2. The normalized spacial score (nSPS) is 16.0. The summed E-state index contributed by atoms with van der Waals surface area (Å²) in [7, 11) is 0. The second-order valence-corrected chi connectivity index (χ2v) is 8.51. The van der Waals surface area contributed by atoms with E-state index in [-0.39, 0.29) is 24.2 Å². The van der Waals surface area contributed by atoms with Crippen molar-refractivity contribution in [1.29, 1.82) is 0 Å². The minimum Gasteiger partial charge on any atom is -0.324 e. The van der Waals surface area contributed by atoms with Gasteiger partial charge >= 0.3 is 0 Å². The summed E-state index contributed by atoms with van der Waals surface area (Å²) in [5, 5.41) is 2.87. The van der Waals surface area contributed by atoms with E-state index in [4.69, 9.17) is 0 Å². The van der Waals surface area contributed by atoms with Gasteiger partial charge in [0.2, 0.25) is 5.91 Å². The molecule has 0 saturated carbocycles. The van der Waals surface area contributed by atoms with Crippen LogP contribution in [0, 0.1) is 5.82 Å². The number of halogens is 3. The van der Waals surface area contributed by atoms with Gasteiger partial charge in [0.25, 0.3) is 5.91 Å². The van der Waals surface area contributed by atoms with Crippen LogP contribution in [0.1, 0.15) is 27.5 Å². The van der Waals surface area contributed by atoms with E-state index >= 15 is 0 Å². The van der Waals surface area contributed by atoms with E-state index in [1.165, 1.54) is 17.0 Å². The molecular formula is C22H15Br2FN2O2. The van der Waals surface area contributed by atoms with Gasteiger partial charge in [-0.2, -0.15) is 0 Å². The third kappa shape index (κ3) is 4.11. The molecule has 3 aromatic carbocycles. The molecule has 0 fully saturated rings. The molecule has 29 heavy (non-hydrogen) atoms. The third-order valence-corrected chi connectivity index (χ3v) is 5.77. The molecule has 4 rings (SSSR count). The number of amides is 2. The number of anilines is 1. The molecule has 0 unspecified atom stereocenters. The van der Waals surface area contributed by atoms with E-state index in [2.05, 4.69) is 37.2 Å². The highest BCUT2D eigenvalue weighted by atomic mass is 79.9. The standard InChI is InChI=1S/C22H15Br2FN2O2/c23-15-5-1-14(2-6-15)22(29)27-12-20(28)26-19-10-7-16(24)11-18(19)21(27)13-3-8-17(25)9-4-13/h1-11,21H,12H2,(H,26,28)/t21-/m1/s1. The number of carbonyl (C=O) groups is 2. The molecule has 4 nitrogen and oxygen atoms in total. The van der Waals surface area contributed by atoms with E-state index in [0.29, 0.717) is 16.8 Å². The maximum absolute atomic E-state index is 13.6. The van der Waals surface area contributed by atoms with Crippen LogP contribution in [0.4, 0.5) is 10.1 Å². The van der Waals surface area contributed by atoms with Crippen molar-refractivity contribution in [3.05, 3.63) is 98.2 Å². The summed E-state index contributed by atoms with van der Waals surface area (Å²) < 4.78 is 15.2. The Hall–Kier alpha value is -2.51. The molecule has 2 amide bonds. The van der Waals surface area contributed by atoms with Gasteiger partial charge in [-0.15, -0.1) is 0 Å². The average Bonchev–Trinajstić information content (AvgIpc) is 2.84. The Morgan fingerprint density at radius 1 is 0.966 bits per heavy atom. The summed E-state index contributed by atoms with van der Waals surface area (Å²) in [6.45, 7) is -0.122. The lowest BCUT2D eigenvalue weighted by molar-refractivity contribution is -0.117. The first-order chi connectivity index (χ1) is 13.9. The summed E-state index contributed by atoms with van der Waals surface area (Å²) >= 11 is 6.84. The van der Waals surface area contributed by atoms with Crippen LogP contribution in [0.2, 0.25) is 0 Å². The topological polar surface area (TPSA) is 49.4 Å². The number of nitrogens with one attached hydrogen (secondary N) is 1. The molecule has 7 heteroatoms. The van der Waals surface area contributed by atoms with Crippen LogP contribution in [-0.4, -0.2) is 23.3 Å². The van der Waals surface area contributed by atoms with Gasteiger partial charge in [-0.05, 0) is 60.2 Å². The van der Waals surface area contributed by atoms with Crippen molar-refractivity contribution in [1.82, 2.24) is 4.90 Å². The molecule has 1 aliphatic rings. The number of carbonyl (C=O) groups excluding carboxylic acids is 2. The van der Waals surface area contributed by atoms with Gasteiger partial charge in [0.1, 0.15) is 12.4 Å². The van der Waals surface area contributed by atoms with Crippen LogP contribution in [0.3, 0.4) is 0 Å². The largest absolute Gasteiger partial charge is 0.324 e. The van der Waals surface area contributed by atoms with Crippen LogP contribution >= 0.6 is 31.9 Å². The first kappa shape index (κ1) is 19.8. The van der Waals surface area contributed by atoms with Crippen molar-refractivity contribution in [2.24, 2.45) is 0 Å². The first-order valence-corrected chi connectivity index (χ1v) is 10.4. The molecule has 146 valence electrons. The number of fused-ring (bicyclic) bond motifs is 1. The monoisotopic (exact) mass is 516 g/mol. The van der Waals surface area contributed by atoms with Crippen molar-refractivity contribution in [2.45, 2.75) is 6.04 Å². The Kier molecular flexibility index (Phi) is 5.52. The number of hydrogen-bond acceptors (Lipinski definition) is 2. The van der Waals surface area contributed by atoms with Gasteiger partial charge in [0.05, 0.1) is 6.04 Å². The fraction of sp³-hybridized carbons (Fsp3) is 0.0909. The molecular weight excluding hydrogens is 503 g/mol. The molecule has 0 bridgehead atoms. The Labute approximate surface area is 184 Å². The highest BCUT2D eigenvalue weighted by molar-refractivity contribution is 9.10. The molecule has 1 atom stereocenters. The summed E-state index contributed by atoms with van der Waals surface area (Å²) in [5.41, 5.74) is 2.56. The van der Waals surface area contributed by atoms with E-state index in [1.54, 1.807) is 42.5 Å². The quantitative estimate of drug-likeness (QED) is 0.485. The maximum Gasteiger partial charge on any atom is 0.255 e. The van der Waals surface area contributed by atoms with Crippen LogP contribution in [0.25, 0.3) is 0 Å². The number of nitrogens with zero attached hydrogens (tertiary/aromatic N) is 1. The molecule has 0 spiro atoms. The van der Waals surface area contributed by atoms with Crippen molar-refractivity contribution in [2.75, 3.05) is 11.9 Å². The molecule has 3 aromatic rings. The Morgan fingerprint density at radius 3 is 2.31 bits per heavy atom. The zero-order valence-electron chi connectivity index (χ0n) is 15.0. The Bertz CT molecular complexity index is 1080. The van der Waals surface area contributed by atoms with Crippen molar-refractivity contribution in [3.8, 4) is 0 Å². The van der Waals surface area contributed by atoms with Gasteiger partial charge in [-0.25, -0.2) is 4.39 Å². The van der Waals surface area contributed by atoms with Crippen molar-refractivity contribution in [3.63, 3.8) is 0 Å². The van der Waals surface area contributed by atoms with Gasteiger partial charge in [-0.1, -0.05) is 44.0 Å². The molecule has 0 radical (unpaired) electrons. The SMILES string of the molecule is O=C1CN(C(=O)c2ccc(Br)cc2)[C@H](c2ccc(F)cc2)c2cc(Br)ccc2N1. The second-order valence-electron chi connectivity index (χ2n) is 6.67. The highest BCUT2D eigenvalue weighted by Crippen LogP contribution is 2.38. The number of hydrogen-bond donors (Lipinski definition) is 1. The number of benzene rings is 3. The minimum atomic E-state index is -0.557. The maximum atomic E-state index is 13.6. The average molecular weight is 518 g/mol. The zero-order chi connectivity index (χ0) is 20.5. The second kappa shape index (κ2) is 8.08. The van der Waals surface area contributed by atoms with E-state index in [9.17, 15) is 14.0 Å². The van der Waals surface area contributed by atoms with E-state index in [0.717, 1.165) is 14.5 Å². The Balaban J connectivity index is 1.88. The fourth-order valence-electron chi connectivity index (χ4n) is 3.43. The van der Waals surface area contributed by atoms with E-state index in [1.807, 2.05) is 12.1 Å². The van der Waals surface area contributed by atoms with Gasteiger partial charge in [0.15, 0.2) is 0 Å². The molecule has 0 aliphatic carbocycles. The van der Waals surface area contributed by atoms with Gasteiger partial charge in [-0.3, -0.25) is 9.59 Å². The molecule has 1 heterocycles. The van der Waals surface area contributed by atoms with Crippen LogP contribution in [-0.2, 0) is 4.79 Å². The summed E-state index contributed by atoms with van der Waals surface area (Å²) in [4.78, 5) is 27.5. The van der Waals surface area contributed by atoms with Crippen LogP contribution < -0.4 is 5.32 Å². The summed E-state index contributed by atoms with van der Waals surface area (Å²) in [6, 6.07) is 17.9. The predicted molar refractivity (Wildman–Crippen MR) is 116 cm³/mol. The van der Waals surface area contributed by atoms with E-state index < -0.39 is 6.04 Å². The van der Waals surface area contributed by atoms with Gasteiger partial charge in [0, 0.05) is 25.8 Å². The van der Waals surface area contributed by atoms with Crippen LogP contribution in [0.5, 0.6) is 0 Å². The first-order valence-electron chi connectivity index (χ1n) is 8.83. The Morgan fingerprint density at radius 2 is 1.62 bits per heavy atom. The lowest BCUT2D eigenvalue weighted by Gasteiger charge is -2.30. The molecule has 0 aromatic heterocycles. The fourth-order valence-corrected chi connectivity index (χ4v) is 4.07. The predicted octanol–water partition coefficient (Wildman–Crippen LogP) is 5.53. The van der Waals surface area contributed by atoms with Gasteiger partial charge < -0.3 is 10.2 Å².